The minimum Gasteiger partial charge on any atom is -0.289 e. The van der Waals surface area contributed by atoms with Gasteiger partial charge in [-0.2, -0.15) is 0 Å². The van der Waals surface area contributed by atoms with Gasteiger partial charge >= 0.3 is 0 Å². The van der Waals surface area contributed by atoms with Crippen LogP contribution in [0.4, 0.5) is 4.39 Å². The van der Waals surface area contributed by atoms with Crippen molar-refractivity contribution in [2.75, 3.05) is 0 Å². The van der Waals surface area contributed by atoms with E-state index < -0.39 is 5.82 Å². The lowest BCUT2D eigenvalue weighted by atomic mass is 9.98. The molecular weight excluding hydrogens is 251 g/mol. The smallest absolute Gasteiger partial charge is 0.193 e. The Bertz CT molecular complexity index is 620. The van der Waals surface area contributed by atoms with Crippen molar-refractivity contribution in [1.82, 2.24) is 0 Å². The molecule has 0 unspecified atom stereocenters. The van der Waals surface area contributed by atoms with Gasteiger partial charge in [0.1, 0.15) is 5.82 Å². The van der Waals surface area contributed by atoms with Gasteiger partial charge < -0.3 is 0 Å². The summed E-state index contributed by atoms with van der Waals surface area (Å²) in [4.78, 5) is 12.3. The molecule has 0 saturated heterocycles. The van der Waals surface area contributed by atoms with Crippen LogP contribution in [0.15, 0.2) is 36.4 Å². The van der Waals surface area contributed by atoms with Gasteiger partial charge in [-0.25, -0.2) is 4.39 Å². The van der Waals surface area contributed by atoms with Crippen molar-refractivity contribution in [3.8, 4) is 0 Å². The number of hydrogen-bond acceptors (Lipinski definition) is 1. The molecular formula is C15H12ClFO. The van der Waals surface area contributed by atoms with E-state index >= 15 is 0 Å². The van der Waals surface area contributed by atoms with Crippen molar-refractivity contribution < 1.29 is 9.18 Å². The fourth-order valence-electron chi connectivity index (χ4n) is 1.78. The zero-order valence-electron chi connectivity index (χ0n) is 10.1. The van der Waals surface area contributed by atoms with Crippen LogP contribution in [0.5, 0.6) is 0 Å². The van der Waals surface area contributed by atoms with Crippen LogP contribution in [0.25, 0.3) is 0 Å². The highest BCUT2D eigenvalue weighted by molar-refractivity contribution is 6.31. The van der Waals surface area contributed by atoms with Crippen LogP contribution in [-0.2, 0) is 0 Å². The molecule has 0 radical (unpaired) electrons. The lowest BCUT2D eigenvalue weighted by molar-refractivity contribution is 0.103. The van der Waals surface area contributed by atoms with Gasteiger partial charge in [0.05, 0.1) is 0 Å². The zero-order chi connectivity index (χ0) is 13.3. The second-order valence-corrected chi connectivity index (χ2v) is 4.66. The van der Waals surface area contributed by atoms with Gasteiger partial charge in [0.2, 0.25) is 0 Å². The van der Waals surface area contributed by atoms with E-state index in [0.717, 1.165) is 11.1 Å². The van der Waals surface area contributed by atoms with E-state index in [1.807, 2.05) is 6.92 Å². The molecule has 2 rings (SSSR count). The third-order valence-electron chi connectivity index (χ3n) is 2.86. The Morgan fingerprint density at radius 2 is 1.78 bits per heavy atom. The van der Waals surface area contributed by atoms with Gasteiger partial charge in [-0.1, -0.05) is 17.7 Å². The standard InChI is InChI=1S/C15H12ClFO/c1-9-3-5-12(17)8-13(9)15(18)11-4-6-14(16)10(2)7-11/h3-8H,1-2H3. The van der Waals surface area contributed by atoms with Crippen LogP contribution in [0.3, 0.4) is 0 Å². The van der Waals surface area contributed by atoms with E-state index in [4.69, 9.17) is 11.6 Å². The number of ketones is 1. The Hall–Kier alpha value is -1.67. The van der Waals surface area contributed by atoms with Crippen LogP contribution in [0.2, 0.25) is 5.02 Å². The van der Waals surface area contributed by atoms with Crippen molar-refractivity contribution in [2.45, 2.75) is 13.8 Å². The maximum absolute atomic E-state index is 13.2. The lowest BCUT2D eigenvalue weighted by Crippen LogP contribution is -2.04. The molecule has 0 fully saturated rings. The van der Waals surface area contributed by atoms with Gasteiger partial charge in [-0.05, 0) is 55.3 Å². The van der Waals surface area contributed by atoms with Gasteiger partial charge in [0.25, 0.3) is 0 Å². The molecule has 0 aliphatic rings. The van der Waals surface area contributed by atoms with Gasteiger partial charge in [-0.3, -0.25) is 4.79 Å². The van der Waals surface area contributed by atoms with Gasteiger partial charge in [0.15, 0.2) is 5.78 Å². The molecule has 1 nitrogen and oxygen atoms in total. The molecule has 0 aliphatic heterocycles. The molecule has 2 aromatic rings. The Balaban J connectivity index is 2.47. The van der Waals surface area contributed by atoms with Crippen molar-refractivity contribution in [3.05, 3.63) is 69.5 Å². The van der Waals surface area contributed by atoms with E-state index in [9.17, 15) is 9.18 Å². The SMILES string of the molecule is Cc1cc(C(=O)c2cc(F)ccc2C)ccc1Cl. The van der Waals surface area contributed by atoms with Crippen molar-refractivity contribution >= 4 is 17.4 Å². The van der Waals surface area contributed by atoms with Gasteiger partial charge in [0, 0.05) is 16.1 Å². The molecule has 0 aliphatic carbocycles. The summed E-state index contributed by atoms with van der Waals surface area (Å²) in [6, 6.07) is 9.27. The second kappa shape index (κ2) is 4.91. The predicted octanol–water partition coefficient (Wildman–Crippen LogP) is 4.33. The number of carbonyl (C=O) groups excluding carboxylic acids is 1. The number of hydrogen-bond donors (Lipinski definition) is 0. The summed E-state index contributed by atoms with van der Waals surface area (Å²) in [5.41, 5.74) is 2.49. The van der Waals surface area contributed by atoms with E-state index in [1.54, 1.807) is 31.2 Å². The number of rotatable bonds is 2. The Morgan fingerprint density at radius 1 is 1.06 bits per heavy atom. The monoisotopic (exact) mass is 262 g/mol. The van der Waals surface area contributed by atoms with Crippen LogP contribution in [0.1, 0.15) is 27.0 Å². The summed E-state index contributed by atoms with van der Waals surface area (Å²) in [7, 11) is 0. The first kappa shape index (κ1) is 12.8. The highest BCUT2D eigenvalue weighted by Crippen LogP contribution is 2.20. The third kappa shape index (κ3) is 2.44. The van der Waals surface area contributed by atoms with Crippen molar-refractivity contribution in [2.24, 2.45) is 0 Å². The normalized spacial score (nSPS) is 10.4. The second-order valence-electron chi connectivity index (χ2n) is 4.25. The molecule has 0 atom stereocenters. The van der Waals surface area contributed by atoms with E-state index in [1.165, 1.54) is 12.1 Å². The number of carbonyl (C=O) groups is 1. The average molecular weight is 263 g/mol. The largest absolute Gasteiger partial charge is 0.289 e. The number of halogens is 2. The third-order valence-corrected chi connectivity index (χ3v) is 3.29. The van der Waals surface area contributed by atoms with Crippen LogP contribution >= 0.6 is 11.6 Å². The summed E-state index contributed by atoms with van der Waals surface area (Å²) < 4.78 is 13.2. The minimum atomic E-state index is -0.408. The van der Waals surface area contributed by atoms with E-state index in [2.05, 4.69) is 0 Å². The van der Waals surface area contributed by atoms with E-state index in [0.29, 0.717) is 16.1 Å². The molecule has 2 aromatic carbocycles. The molecule has 0 N–H and O–H groups in total. The quantitative estimate of drug-likeness (QED) is 0.737. The van der Waals surface area contributed by atoms with Gasteiger partial charge in [-0.15, -0.1) is 0 Å². The number of aryl methyl sites for hydroxylation is 2. The zero-order valence-corrected chi connectivity index (χ0v) is 10.9. The van der Waals surface area contributed by atoms with Crippen LogP contribution in [-0.4, -0.2) is 5.78 Å². The maximum atomic E-state index is 13.2. The molecule has 92 valence electrons. The summed E-state index contributed by atoms with van der Waals surface area (Å²) in [6.45, 7) is 3.62. The summed E-state index contributed by atoms with van der Waals surface area (Å²) in [5, 5.41) is 0.613. The summed E-state index contributed by atoms with van der Waals surface area (Å²) in [6.07, 6.45) is 0. The first-order chi connectivity index (χ1) is 8.49. The van der Waals surface area contributed by atoms with Crippen molar-refractivity contribution in [1.29, 1.82) is 0 Å². The molecule has 0 saturated carbocycles. The average Bonchev–Trinajstić information content (AvgIpc) is 2.35. The summed E-state index contributed by atoms with van der Waals surface area (Å²) >= 11 is 5.92. The maximum Gasteiger partial charge on any atom is 0.193 e. The molecule has 3 heteroatoms. The molecule has 0 spiro atoms. The highest BCUT2D eigenvalue weighted by atomic mass is 35.5. The molecule has 0 bridgehead atoms. The Morgan fingerprint density at radius 3 is 2.44 bits per heavy atom. The molecule has 0 aromatic heterocycles. The van der Waals surface area contributed by atoms with Crippen molar-refractivity contribution in [3.63, 3.8) is 0 Å². The lowest BCUT2D eigenvalue weighted by Gasteiger charge is -2.06. The first-order valence-corrected chi connectivity index (χ1v) is 5.94. The molecule has 0 amide bonds. The number of benzene rings is 2. The highest BCUT2D eigenvalue weighted by Gasteiger charge is 2.13. The minimum absolute atomic E-state index is 0.188. The fourth-order valence-corrected chi connectivity index (χ4v) is 1.90. The topological polar surface area (TPSA) is 17.1 Å². The first-order valence-electron chi connectivity index (χ1n) is 5.56. The molecule has 18 heavy (non-hydrogen) atoms. The van der Waals surface area contributed by atoms with E-state index in [-0.39, 0.29) is 5.78 Å². The Labute approximate surface area is 110 Å². The van der Waals surface area contributed by atoms with Crippen LogP contribution < -0.4 is 0 Å². The summed E-state index contributed by atoms with van der Waals surface area (Å²) in [5.74, 6) is -0.596. The molecule has 0 heterocycles. The fraction of sp³-hybridized carbons (Fsp3) is 0.133. The van der Waals surface area contributed by atoms with Crippen LogP contribution in [0, 0.1) is 19.7 Å². The predicted molar refractivity (Wildman–Crippen MR) is 70.8 cm³/mol. The Kier molecular flexibility index (Phi) is 3.48.